The molecule has 220 valence electrons. The smallest absolute Gasteiger partial charge is 0.164 e. The molecule has 0 fully saturated rings. The summed E-state index contributed by atoms with van der Waals surface area (Å²) in [6, 6.07) is 47.2. The molecule has 0 radical (unpaired) electrons. The monoisotopic (exact) mass is 603 g/mol. The average molecular weight is 604 g/mol. The van der Waals surface area contributed by atoms with E-state index in [4.69, 9.17) is 19.4 Å². The first-order valence-electron chi connectivity index (χ1n) is 15.4. The Balaban J connectivity index is 1.20. The Morgan fingerprint density at radius 2 is 1.04 bits per heavy atom. The average Bonchev–Trinajstić information content (AvgIpc) is 3.55. The Labute approximate surface area is 270 Å². The number of rotatable bonds is 5. The highest BCUT2D eigenvalue weighted by Gasteiger charge is 2.18. The number of fused-ring (bicyclic) bond motifs is 5. The number of nitrogens with zero attached hydrogens (tertiary/aromatic N) is 5. The minimum atomic E-state index is 0.591. The third-order valence-electron chi connectivity index (χ3n) is 8.47. The molecule has 6 aromatic carbocycles. The summed E-state index contributed by atoms with van der Waals surface area (Å²) in [5.41, 5.74) is 9.42. The lowest BCUT2D eigenvalue weighted by Crippen LogP contribution is -2.00. The molecular weight excluding hydrogens is 578 g/mol. The van der Waals surface area contributed by atoms with Gasteiger partial charge in [0.15, 0.2) is 17.5 Å². The van der Waals surface area contributed by atoms with Crippen LogP contribution >= 0.6 is 0 Å². The molecule has 3 heterocycles. The second kappa shape index (κ2) is 11.1. The van der Waals surface area contributed by atoms with Gasteiger partial charge < -0.3 is 4.42 Å². The summed E-state index contributed by atoms with van der Waals surface area (Å²) in [6.45, 7) is 0. The van der Waals surface area contributed by atoms with E-state index in [-0.39, 0.29) is 0 Å². The fraction of sp³-hybridized carbons (Fsp3) is 0. The lowest BCUT2D eigenvalue weighted by atomic mass is 9.98. The summed E-state index contributed by atoms with van der Waals surface area (Å²) in [5.74, 6) is 1.82. The van der Waals surface area contributed by atoms with E-state index in [1.165, 1.54) is 0 Å². The Kier molecular flexibility index (Phi) is 6.35. The van der Waals surface area contributed by atoms with Crippen LogP contribution in [-0.4, -0.2) is 24.9 Å². The third kappa shape index (κ3) is 4.80. The summed E-state index contributed by atoms with van der Waals surface area (Å²) >= 11 is 0. The van der Waals surface area contributed by atoms with E-state index in [1.54, 1.807) is 6.33 Å². The Morgan fingerprint density at radius 1 is 0.468 bits per heavy atom. The molecule has 9 rings (SSSR count). The fourth-order valence-corrected chi connectivity index (χ4v) is 6.18. The van der Waals surface area contributed by atoms with Crippen molar-refractivity contribution in [3.63, 3.8) is 0 Å². The summed E-state index contributed by atoms with van der Waals surface area (Å²) in [6.07, 6.45) is 3.44. The molecule has 6 heteroatoms. The number of aromatic nitrogens is 5. The number of para-hydroxylation sites is 1. The molecule has 0 bridgehead atoms. The maximum absolute atomic E-state index is 6.49. The van der Waals surface area contributed by atoms with Crippen LogP contribution in [0.5, 0.6) is 0 Å². The second-order valence-electron chi connectivity index (χ2n) is 11.4. The van der Waals surface area contributed by atoms with Gasteiger partial charge in [-0.2, -0.15) is 0 Å². The van der Waals surface area contributed by atoms with Gasteiger partial charge in [0.25, 0.3) is 0 Å². The second-order valence-corrected chi connectivity index (χ2v) is 11.4. The van der Waals surface area contributed by atoms with E-state index < -0.39 is 0 Å². The Morgan fingerprint density at radius 3 is 1.81 bits per heavy atom. The number of benzene rings is 6. The predicted octanol–water partition coefficient (Wildman–Crippen LogP) is 10.0. The maximum atomic E-state index is 6.49. The first kappa shape index (κ1) is 26.8. The van der Waals surface area contributed by atoms with Crippen molar-refractivity contribution in [1.82, 2.24) is 24.9 Å². The summed E-state index contributed by atoms with van der Waals surface area (Å²) < 4.78 is 6.49. The standard InChI is InChI=1S/C41H25N5O/c1-3-10-26(11-4-1)27-18-20-29(21-19-27)40-44-39(28-12-5-2-6-13-28)45-41(46-40)31-15-9-14-30(22-31)34-23-32-24-42-25-43-37(32)36-33-16-7-8-17-35(33)47-38(34)36/h1-25H. The van der Waals surface area contributed by atoms with Crippen molar-refractivity contribution >= 4 is 32.8 Å². The van der Waals surface area contributed by atoms with Gasteiger partial charge >= 0.3 is 0 Å². The number of hydrogen-bond acceptors (Lipinski definition) is 6. The highest BCUT2D eigenvalue weighted by atomic mass is 16.3. The first-order chi connectivity index (χ1) is 23.3. The largest absolute Gasteiger partial charge is 0.455 e. The fourth-order valence-electron chi connectivity index (χ4n) is 6.18. The molecule has 0 aliphatic heterocycles. The van der Waals surface area contributed by atoms with Crippen molar-refractivity contribution in [3.8, 4) is 56.4 Å². The Hall–Kier alpha value is -6.53. The van der Waals surface area contributed by atoms with E-state index in [1.807, 2.05) is 85.1 Å². The van der Waals surface area contributed by atoms with Gasteiger partial charge in [-0.25, -0.2) is 24.9 Å². The normalized spacial score (nSPS) is 11.4. The van der Waals surface area contributed by atoms with Crippen molar-refractivity contribution in [2.75, 3.05) is 0 Å². The number of furan rings is 1. The lowest BCUT2D eigenvalue weighted by Gasteiger charge is -2.11. The van der Waals surface area contributed by atoms with Crippen LogP contribution in [0.25, 0.3) is 89.3 Å². The van der Waals surface area contributed by atoms with Gasteiger partial charge in [0.1, 0.15) is 17.5 Å². The lowest BCUT2D eigenvalue weighted by molar-refractivity contribution is 0.670. The van der Waals surface area contributed by atoms with Crippen LogP contribution < -0.4 is 0 Å². The van der Waals surface area contributed by atoms with Crippen LogP contribution in [0.2, 0.25) is 0 Å². The van der Waals surface area contributed by atoms with Crippen molar-refractivity contribution < 1.29 is 4.42 Å². The molecule has 0 aliphatic carbocycles. The van der Waals surface area contributed by atoms with E-state index in [0.29, 0.717) is 17.5 Å². The van der Waals surface area contributed by atoms with Crippen LogP contribution in [0, 0.1) is 0 Å². The highest BCUT2D eigenvalue weighted by molar-refractivity contribution is 6.21. The van der Waals surface area contributed by atoms with E-state index in [2.05, 4.69) is 70.6 Å². The molecule has 0 saturated carbocycles. The molecule has 0 saturated heterocycles. The maximum Gasteiger partial charge on any atom is 0.164 e. The van der Waals surface area contributed by atoms with Crippen molar-refractivity contribution in [3.05, 3.63) is 152 Å². The van der Waals surface area contributed by atoms with Gasteiger partial charge in [-0.3, -0.25) is 0 Å². The SMILES string of the molecule is c1ccc(-c2ccc(-c3nc(-c4ccccc4)nc(-c4cccc(-c5cc6cncnc6c6c5oc5ccccc56)c4)n3)cc2)cc1. The molecule has 3 aromatic heterocycles. The van der Waals surface area contributed by atoms with Crippen molar-refractivity contribution in [2.45, 2.75) is 0 Å². The molecule has 47 heavy (non-hydrogen) atoms. The predicted molar refractivity (Wildman–Crippen MR) is 187 cm³/mol. The van der Waals surface area contributed by atoms with Crippen LogP contribution in [0.15, 0.2) is 156 Å². The zero-order valence-electron chi connectivity index (χ0n) is 25.1. The van der Waals surface area contributed by atoms with Crippen LogP contribution in [0.3, 0.4) is 0 Å². The van der Waals surface area contributed by atoms with Gasteiger partial charge in [0, 0.05) is 39.2 Å². The molecule has 0 amide bonds. The van der Waals surface area contributed by atoms with Gasteiger partial charge in [-0.1, -0.05) is 121 Å². The summed E-state index contributed by atoms with van der Waals surface area (Å²) in [4.78, 5) is 23.9. The zero-order valence-corrected chi connectivity index (χ0v) is 25.1. The third-order valence-corrected chi connectivity index (χ3v) is 8.47. The molecule has 0 aliphatic rings. The van der Waals surface area contributed by atoms with Crippen LogP contribution in [-0.2, 0) is 0 Å². The molecule has 9 aromatic rings. The van der Waals surface area contributed by atoms with Gasteiger partial charge in [0.05, 0.1) is 10.9 Å². The minimum absolute atomic E-state index is 0.591. The van der Waals surface area contributed by atoms with Gasteiger partial charge in [0.2, 0.25) is 0 Å². The molecule has 0 atom stereocenters. The topological polar surface area (TPSA) is 77.6 Å². The summed E-state index contributed by atoms with van der Waals surface area (Å²) in [7, 11) is 0. The Bertz CT molecular complexity index is 2560. The van der Waals surface area contributed by atoms with Crippen LogP contribution in [0.1, 0.15) is 0 Å². The molecular formula is C41H25N5O. The highest BCUT2D eigenvalue weighted by Crippen LogP contribution is 2.40. The first-order valence-corrected chi connectivity index (χ1v) is 15.4. The zero-order chi connectivity index (χ0) is 31.2. The van der Waals surface area contributed by atoms with Crippen LogP contribution in [0.4, 0.5) is 0 Å². The minimum Gasteiger partial charge on any atom is -0.455 e. The van der Waals surface area contributed by atoms with E-state index >= 15 is 0 Å². The molecule has 6 nitrogen and oxygen atoms in total. The van der Waals surface area contributed by atoms with Gasteiger partial charge in [-0.05, 0) is 34.9 Å². The molecule has 0 N–H and O–H groups in total. The molecule has 0 unspecified atom stereocenters. The van der Waals surface area contributed by atoms with E-state index in [9.17, 15) is 0 Å². The van der Waals surface area contributed by atoms with Gasteiger partial charge in [-0.15, -0.1) is 0 Å². The van der Waals surface area contributed by atoms with E-state index in [0.717, 1.165) is 71.8 Å². The quantitative estimate of drug-likeness (QED) is 0.195. The summed E-state index contributed by atoms with van der Waals surface area (Å²) in [5, 5.41) is 2.95. The van der Waals surface area contributed by atoms with Crippen molar-refractivity contribution in [2.24, 2.45) is 0 Å². The molecule has 0 spiro atoms. The number of hydrogen-bond donors (Lipinski definition) is 0. The van der Waals surface area contributed by atoms with Crippen molar-refractivity contribution in [1.29, 1.82) is 0 Å².